The Labute approximate surface area is 169 Å². The highest BCUT2D eigenvalue weighted by molar-refractivity contribution is 7.92. The summed E-state index contributed by atoms with van der Waals surface area (Å²) < 4.78 is 26.3. The van der Waals surface area contributed by atoms with Crippen LogP contribution in [0.1, 0.15) is 5.56 Å². The molecule has 0 N–H and O–H groups in total. The van der Waals surface area contributed by atoms with Crippen LogP contribution in [0.4, 0.5) is 5.13 Å². The van der Waals surface area contributed by atoms with Crippen LogP contribution in [0, 0.1) is 6.92 Å². The van der Waals surface area contributed by atoms with Crippen LogP contribution in [0.3, 0.4) is 0 Å². The average molecular weight is 418 g/mol. The van der Waals surface area contributed by atoms with E-state index in [1.807, 2.05) is 44.1 Å². The van der Waals surface area contributed by atoms with E-state index in [-0.39, 0.29) is 4.90 Å². The van der Waals surface area contributed by atoms with E-state index in [0.717, 1.165) is 15.8 Å². The average Bonchev–Trinajstić information content (AvgIpc) is 3.04. The van der Waals surface area contributed by atoms with E-state index in [9.17, 15) is 13.2 Å². The monoisotopic (exact) mass is 417 g/mol. The van der Waals surface area contributed by atoms with E-state index in [4.69, 9.17) is 0 Å². The normalized spacial score (nSPS) is 11.9. The van der Waals surface area contributed by atoms with Gasteiger partial charge in [0.1, 0.15) is 5.75 Å². The molecule has 0 fully saturated rings. The summed E-state index contributed by atoms with van der Waals surface area (Å²) in [4.78, 5) is 21.1. The number of likely N-dealkylation sites (N-methyl/N-ethyl adjacent to an activating group) is 1. The van der Waals surface area contributed by atoms with Crippen molar-refractivity contribution in [1.82, 2.24) is 9.88 Å². The van der Waals surface area contributed by atoms with Crippen LogP contribution < -0.4 is 4.90 Å². The molecule has 0 unspecified atom stereocenters. The molecule has 148 valence electrons. The second-order valence-electron chi connectivity index (χ2n) is 6.89. The lowest BCUT2D eigenvalue weighted by Crippen LogP contribution is -2.40. The van der Waals surface area contributed by atoms with Crippen molar-refractivity contribution in [2.75, 3.05) is 37.8 Å². The second kappa shape index (κ2) is 8.38. The highest BCUT2D eigenvalue weighted by Gasteiger charge is 2.26. The Morgan fingerprint density at radius 2 is 1.79 bits per heavy atom. The van der Waals surface area contributed by atoms with Crippen LogP contribution in [-0.2, 0) is 14.6 Å². The molecule has 1 amide bonds. The molecule has 28 heavy (non-hydrogen) atoms. The molecule has 1 heterocycles. The maximum absolute atomic E-state index is 13.0. The van der Waals surface area contributed by atoms with Crippen molar-refractivity contribution in [3.8, 4) is 0 Å². The Bertz CT molecular complexity index is 1080. The summed E-state index contributed by atoms with van der Waals surface area (Å²) in [6, 6.07) is 14.0. The maximum Gasteiger partial charge on any atom is 0.244 e. The quantitative estimate of drug-likeness (QED) is 0.591. The van der Waals surface area contributed by atoms with Gasteiger partial charge in [-0.3, -0.25) is 9.69 Å². The molecular weight excluding hydrogens is 394 g/mol. The lowest BCUT2D eigenvalue weighted by molar-refractivity contribution is -0.116. The van der Waals surface area contributed by atoms with Gasteiger partial charge in [-0.15, -0.1) is 0 Å². The third kappa shape index (κ3) is 4.76. The second-order valence-corrected chi connectivity index (χ2v) is 9.89. The van der Waals surface area contributed by atoms with Crippen molar-refractivity contribution in [2.45, 2.75) is 11.8 Å². The number of thiazole rings is 1. The minimum atomic E-state index is -3.72. The minimum Gasteiger partial charge on any atom is -0.308 e. The molecular formula is C20H23N3O3S2. The number of carbonyl (C=O) groups is 1. The van der Waals surface area contributed by atoms with Gasteiger partial charge >= 0.3 is 0 Å². The van der Waals surface area contributed by atoms with Gasteiger partial charge in [-0.05, 0) is 50.8 Å². The third-order valence-electron chi connectivity index (χ3n) is 4.25. The van der Waals surface area contributed by atoms with Crippen LogP contribution in [-0.4, -0.2) is 57.1 Å². The number of sulfone groups is 1. The van der Waals surface area contributed by atoms with E-state index in [2.05, 4.69) is 4.98 Å². The van der Waals surface area contributed by atoms with E-state index in [1.54, 1.807) is 18.2 Å². The molecule has 0 aliphatic heterocycles. The number of hydrogen-bond acceptors (Lipinski definition) is 6. The SMILES string of the molecule is Cc1ccc2nc(N(CCN(C)C)C(=O)CS(=O)(=O)c3ccccc3)sc2c1. The summed E-state index contributed by atoms with van der Waals surface area (Å²) in [7, 11) is 0.0998. The molecule has 6 nitrogen and oxygen atoms in total. The minimum absolute atomic E-state index is 0.149. The summed E-state index contributed by atoms with van der Waals surface area (Å²) in [5, 5.41) is 0.524. The number of aromatic nitrogens is 1. The van der Waals surface area contributed by atoms with Gasteiger partial charge in [-0.25, -0.2) is 13.4 Å². The molecule has 2 aromatic carbocycles. The van der Waals surface area contributed by atoms with Gasteiger partial charge in [-0.2, -0.15) is 0 Å². The highest BCUT2D eigenvalue weighted by atomic mass is 32.2. The number of nitrogens with zero attached hydrogens (tertiary/aromatic N) is 3. The van der Waals surface area contributed by atoms with Crippen molar-refractivity contribution in [3.63, 3.8) is 0 Å². The van der Waals surface area contributed by atoms with E-state index in [0.29, 0.717) is 18.2 Å². The molecule has 0 bridgehead atoms. The molecule has 0 atom stereocenters. The van der Waals surface area contributed by atoms with Crippen molar-refractivity contribution in [1.29, 1.82) is 0 Å². The van der Waals surface area contributed by atoms with Crippen molar-refractivity contribution in [3.05, 3.63) is 54.1 Å². The fourth-order valence-corrected chi connectivity index (χ4v) is 5.04. The number of carbonyl (C=O) groups excluding carboxylic acids is 1. The lowest BCUT2D eigenvalue weighted by Gasteiger charge is -2.22. The number of amides is 1. The predicted molar refractivity (Wildman–Crippen MR) is 114 cm³/mol. The molecule has 3 aromatic rings. The van der Waals surface area contributed by atoms with E-state index in [1.165, 1.54) is 28.4 Å². The van der Waals surface area contributed by atoms with Crippen LogP contribution in [0.15, 0.2) is 53.4 Å². The fraction of sp³-hybridized carbons (Fsp3) is 0.300. The van der Waals surface area contributed by atoms with E-state index >= 15 is 0 Å². The molecule has 0 radical (unpaired) electrons. The number of aryl methyl sites for hydroxylation is 1. The standard InChI is InChI=1S/C20H23N3O3S2/c1-15-9-10-17-18(13-15)27-20(21-17)23(12-11-22(2)3)19(24)14-28(25,26)16-7-5-4-6-8-16/h4-10,13H,11-12,14H2,1-3H3. The van der Waals surface area contributed by atoms with Gasteiger partial charge in [0.15, 0.2) is 15.0 Å². The molecule has 0 aliphatic rings. The van der Waals surface area contributed by atoms with Gasteiger partial charge < -0.3 is 4.90 Å². The van der Waals surface area contributed by atoms with E-state index < -0.39 is 21.5 Å². The van der Waals surface area contributed by atoms with Crippen molar-refractivity contribution >= 4 is 42.4 Å². The molecule has 0 aliphatic carbocycles. The first-order valence-electron chi connectivity index (χ1n) is 8.86. The van der Waals surface area contributed by atoms with Gasteiger partial charge in [0.25, 0.3) is 0 Å². The molecule has 3 rings (SSSR count). The highest BCUT2D eigenvalue weighted by Crippen LogP contribution is 2.30. The van der Waals surface area contributed by atoms with Gasteiger partial charge in [0, 0.05) is 13.1 Å². The van der Waals surface area contributed by atoms with Gasteiger partial charge in [0.2, 0.25) is 5.91 Å². The smallest absolute Gasteiger partial charge is 0.244 e. The Morgan fingerprint density at radius 1 is 1.07 bits per heavy atom. The Hall–Kier alpha value is -2.29. The van der Waals surface area contributed by atoms with Crippen LogP contribution in [0.2, 0.25) is 0 Å². The van der Waals surface area contributed by atoms with Gasteiger partial charge in [-0.1, -0.05) is 35.6 Å². The molecule has 8 heteroatoms. The topological polar surface area (TPSA) is 70.6 Å². The summed E-state index contributed by atoms with van der Waals surface area (Å²) >= 11 is 1.40. The van der Waals surface area contributed by atoms with Crippen molar-refractivity contribution < 1.29 is 13.2 Å². The zero-order valence-electron chi connectivity index (χ0n) is 16.1. The largest absolute Gasteiger partial charge is 0.308 e. The Balaban J connectivity index is 1.91. The molecule has 0 saturated carbocycles. The summed E-state index contributed by atoms with van der Waals surface area (Å²) in [6.07, 6.45) is 0. The maximum atomic E-state index is 13.0. The fourth-order valence-electron chi connectivity index (χ4n) is 2.71. The first-order valence-corrected chi connectivity index (χ1v) is 11.3. The van der Waals surface area contributed by atoms with Crippen molar-refractivity contribution in [2.24, 2.45) is 0 Å². The third-order valence-corrected chi connectivity index (χ3v) is 6.91. The molecule has 0 saturated heterocycles. The van der Waals surface area contributed by atoms with Crippen LogP contribution in [0.25, 0.3) is 10.2 Å². The lowest BCUT2D eigenvalue weighted by atomic mass is 10.2. The number of benzene rings is 2. The first kappa shape index (κ1) is 20.4. The summed E-state index contributed by atoms with van der Waals surface area (Å²) in [5.74, 6) is -1.05. The van der Waals surface area contributed by atoms with Gasteiger partial charge in [0.05, 0.1) is 15.1 Å². The Morgan fingerprint density at radius 3 is 2.46 bits per heavy atom. The number of fused-ring (bicyclic) bond motifs is 1. The first-order chi connectivity index (χ1) is 13.3. The molecule has 1 aromatic heterocycles. The predicted octanol–water partition coefficient (Wildman–Crippen LogP) is 2.97. The number of rotatable bonds is 7. The number of hydrogen-bond donors (Lipinski definition) is 0. The van der Waals surface area contributed by atoms with Crippen LogP contribution >= 0.6 is 11.3 Å². The zero-order valence-corrected chi connectivity index (χ0v) is 17.8. The summed E-state index contributed by atoms with van der Waals surface area (Å²) in [6.45, 7) is 2.97. The zero-order chi connectivity index (χ0) is 20.3. The van der Waals surface area contributed by atoms with Crippen LogP contribution in [0.5, 0.6) is 0 Å². The summed E-state index contributed by atoms with van der Waals surface area (Å²) in [5.41, 5.74) is 1.92. The Kier molecular flexibility index (Phi) is 6.12. The molecule has 0 spiro atoms. The number of anilines is 1.